The summed E-state index contributed by atoms with van der Waals surface area (Å²) in [5, 5.41) is 3.97. The molecule has 2 aromatic rings. The van der Waals surface area contributed by atoms with E-state index in [0.717, 1.165) is 12.2 Å². The third kappa shape index (κ3) is 2.87. The van der Waals surface area contributed by atoms with E-state index in [4.69, 9.17) is 10.2 Å². The molecule has 2 heterocycles. The zero-order chi connectivity index (χ0) is 13.2. The first-order valence-electron chi connectivity index (χ1n) is 6.08. The van der Waals surface area contributed by atoms with E-state index in [0.29, 0.717) is 22.0 Å². The minimum atomic E-state index is -0.453. The number of nitrogens with one attached hydrogen (secondary N) is 2. The molecule has 1 unspecified atom stereocenters. The molecule has 4 N–H and O–H groups in total. The van der Waals surface area contributed by atoms with Gasteiger partial charge in [-0.3, -0.25) is 4.98 Å². The second-order valence-corrected chi connectivity index (χ2v) is 6.96. The van der Waals surface area contributed by atoms with Crippen LogP contribution in [0.15, 0.2) is 21.3 Å². The van der Waals surface area contributed by atoms with Crippen LogP contribution in [0.5, 0.6) is 0 Å². The smallest absolute Gasteiger partial charge is 0.408 e. The zero-order valence-corrected chi connectivity index (χ0v) is 11.9. The Hall–Kier alpha value is -1.21. The van der Waals surface area contributed by atoms with Crippen molar-refractivity contribution >= 4 is 46.0 Å². The van der Waals surface area contributed by atoms with E-state index in [1.54, 1.807) is 6.07 Å². The third-order valence-electron chi connectivity index (χ3n) is 3.00. The minimum absolute atomic E-state index is 0.453. The summed E-state index contributed by atoms with van der Waals surface area (Å²) >= 11 is 3.99. The molecule has 7 heteroatoms. The van der Waals surface area contributed by atoms with Gasteiger partial charge >= 0.3 is 5.76 Å². The molecule has 19 heavy (non-hydrogen) atoms. The van der Waals surface area contributed by atoms with E-state index in [1.165, 1.54) is 17.3 Å². The van der Waals surface area contributed by atoms with Gasteiger partial charge in [-0.1, -0.05) is 0 Å². The number of aromatic nitrogens is 1. The summed E-state index contributed by atoms with van der Waals surface area (Å²) in [5.74, 6) is 3.17. The fourth-order valence-electron chi connectivity index (χ4n) is 2.04. The van der Waals surface area contributed by atoms with Crippen LogP contribution in [-0.4, -0.2) is 34.0 Å². The number of rotatable bonds is 3. The number of hydrogen-bond acceptors (Lipinski definition) is 6. The Kier molecular flexibility index (Phi) is 3.65. The van der Waals surface area contributed by atoms with E-state index in [2.05, 4.69) is 10.3 Å². The fourth-order valence-corrected chi connectivity index (χ4v) is 4.66. The van der Waals surface area contributed by atoms with Gasteiger partial charge in [-0.25, -0.2) is 4.79 Å². The van der Waals surface area contributed by atoms with Gasteiger partial charge in [0.2, 0.25) is 0 Å². The molecule has 0 saturated carbocycles. The molecule has 1 aliphatic rings. The number of H-pyrrole nitrogens is 1. The van der Waals surface area contributed by atoms with Crippen LogP contribution in [0.1, 0.15) is 0 Å². The SMILES string of the molecule is Nc1cc2oc(=O)[nH]c2cc1NCC1CSCCS1. The van der Waals surface area contributed by atoms with Gasteiger partial charge in [-0.15, -0.1) is 0 Å². The normalized spacial score (nSPS) is 19.7. The van der Waals surface area contributed by atoms with Crippen molar-refractivity contribution in [3.63, 3.8) is 0 Å². The fraction of sp³-hybridized carbons (Fsp3) is 0.417. The van der Waals surface area contributed by atoms with Crippen LogP contribution in [0, 0.1) is 0 Å². The molecule has 1 fully saturated rings. The average Bonchev–Trinajstić information content (AvgIpc) is 2.76. The highest BCUT2D eigenvalue weighted by Gasteiger charge is 2.14. The van der Waals surface area contributed by atoms with Crippen molar-refractivity contribution in [3.8, 4) is 0 Å². The highest BCUT2D eigenvalue weighted by molar-refractivity contribution is 8.06. The number of anilines is 2. The lowest BCUT2D eigenvalue weighted by Crippen LogP contribution is -2.23. The maximum Gasteiger partial charge on any atom is 0.417 e. The Morgan fingerprint density at radius 2 is 2.37 bits per heavy atom. The second kappa shape index (κ2) is 5.42. The van der Waals surface area contributed by atoms with Gasteiger partial charge in [0.05, 0.1) is 16.9 Å². The van der Waals surface area contributed by atoms with Gasteiger partial charge in [0.1, 0.15) is 0 Å². The summed E-state index contributed by atoms with van der Waals surface area (Å²) in [5.41, 5.74) is 8.58. The average molecular weight is 297 g/mol. The molecule has 102 valence electrons. The summed E-state index contributed by atoms with van der Waals surface area (Å²) < 4.78 is 4.97. The number of oxazole rings is 1. The monoisotopic (exact) mass is 297 g/mol. The van der Waals surface area contributed by atoms with Crippen LogP contribution >= 0.6 is 23.5 Å². The lowest BCUT2D eigenvalue weighted by atomic mass is 10.2. The summed E-state index contributed by atoms with van der Waals surface area (Å²) in [4.78, 5) is 13.8. The summed E-state index contributed by atoms with van der Waals surface area (Å²) in [7, 11) is 0. The van der Waals surface area contributed by atoms with Crippen molar-refractivity contribution in [2.75, 3.05) is 34.9 Å². The highest BCUT2D eigenvalue weighted by Crippen LogP contribution is 2.27. The van der Waals surface area contributed by atoms with Gasteiger partial charge in [-0.05, 0) is 6.07 Å². The molecule has 1 aromatic carbocycles. The molecule has 0 radical (unpaired) electrons. The molecular formula is C12H15N3O2S2. The Labute approximate surface area is 118 Å². The van der Waals surface area contributed by atoms with E-state index >= 15 is 0 Å². The number of hydrogen-bond donors (Lipinski definition) is 3. The van der Waals surface area contributed by atoms with E-state index in [9.17, 15) is 4.79 Å². The molecule has 1 aliphatic heterocycles. The van der Waals surface area contributed by atoms with Gasteiger partial charge in [-0.2, -0.15) is 23.5 Å². The molecule has 3 rings (SSSR count). The van der Waals surface area contributed by atoms with E-state index < -0.39 is 5.76 Å². The standard InChI is InChI=1S/C12H15N3O2S2/c13-8-3-11-10(15-12(16)17-11)4-9(8)14-5-7-6-18-1-2-19-7/h3-4,7,14H,1-2,5-6,13H2,(H,15,16). The van der Waals surface area contributed by atoms with Crippen molar-refractivity contribution in [1.29, 1.82) is 0 Å². The zero-order valence-electron chi connectivity index (χ0n) is 10.3. The predicted molar refractivity (Wildman–Crippen MR) is 83.3 cm³/mol. The number of nitrogens with two attached hydrogens (primary N) is 1. The first-order valence-corrected chi connectivity index (χ1v) is 8.28. The van der Waals surface area contributed by atoms with Crippen molar-refractivity contribution in [2.24, 2.45) is 0 Å². The third-order valence-corrected chi connectivity index (χ3v) is 5.84. The molecule has 5 nitrogen and oxygen atoms in total. The van der Waals surface area contributed by atoms with Crippen molar-refractivity contribution in [2.45, 2.75) is 5.25 Å². The van der Waals surface area contributed by atoms with Crippen LogP contribution in [0.2, 0.25) is 0 Å². The molecule has 0 amide bonds. The lowest BCUT2D eigenvalue weighted by molar-refractivity contribution is 0.555. The van der Waals surface area contributed by atoms with Gasteiger partial charge in [0.25, 0.3) is 0 Å². The Morgan fingerprint density at radius 1 is 1.47 bits per heavy atom. The Bertz CT molecular complexity index is 631. The number of benzene rings is 1. The summed E-state index contributed by atoms with van der Waals surface area (Å²) in [6.45, 7) is 0.884. The largest absolute Gasteiger partial charge is 0.417 e. The van der Waals surface area contributed by atoms with Gasteiger partial charge < -0.3 is 15.5 Å². The van der Waals surface area contributed by atoms with Crippen LogP contribution < -0.4 is 16.8 Å². The van der Waals surface area contributed by atoms with E-state index in [-0.39, 0.29) is 0 Å². The molecule has 1 aromatic heterocycles. The lowest BCUT2D eigenvalue weighted by Gasteiger charge is -2.22. The molecule has 0 aliphatic carbocycles. The quantitative estimate of drug-likeness (QED) is 0.751. The van der Waals surface area contributed by atoms with Crippen LogP contribution in [0.4, 0.5) is 11.4 Å². The summed E-state index contributed by atoms with van der Waals surface area (Å²) in [6, 6.07) is 3.51. The van der Waals surface area contributed by atoms with Crippen LogP contribution in [-0.2, 0) is 0 Å². The summed E-state index contributed by atoms with van der Waals surface area (Å²) in [6.07, 6.45) is 0. The van der Waals surface area contributed by atoms with Crippen LogP contribution in [0.25, 0.3) is 11.1 Å². The van der Waals surface area contributed by atoms with E-state index in [1.807, 2.05) is 29.6 Å². The molecular weight excluding hydrogens is 282 g/mol. The molecule has 0 spiro atoms. The number of thioether (sulfide) groups is 2. The number of fused-ring (bicyclic) bond motifs is 1. The number of nitrogen functional groups attached to an aromatic ring is 1. The first-order chi connectivity index (χ1) is 9.22. The van der Waals surface area contributed by atoms with Crippen LogP contribution in [0.3, 0.4) is 0 Å². The van der Waals surface area contributed by atoms with Crippen molar-refractivity contribution in [1.82, 2.24) is 4.98 Å². The predicted octanol–water partition coefficient (Wildman–Crippen LogP) is 1.96. The van der Waals surface area contributed by atoms with Gasteiger partial charge in [0.15, 0.2) is 5.58 Å². The maximum absolute atomic E-state index is 11.1. The Morgan fingerprint density at radius 3 is 3.16 bits per heavy atom. The Balaban J connectivity index is 1.76. The van der Waals surface area contributed by atoms with Crippen molar-refractivity contribution < 1.29 is 4.42 Å². The molecule has 1 saturated heterocycles. The molecule has 1 atom stereocenters. The topological polar surface area (TPSA) is 84.0 Å². The molecule has 0 bridgehead atoms. The highest BCUT2D eigenvalue weighted by atomic mass is 32.2. The van der Waals surface area contributed by atoms with Gasteiger partial charge in [0, 0.05) is 35.1 Å². The van der Waals surface area contributed by atoms with Crippen molar-refractivity contribution in [3.05, 3.63) is 22.7 Å². The maximum atomic E-state index is 11.1. The minimum Gasteiger partial charge on any atom is -0.408 e. The second-order valence-electron chi connectivity index (χ2n) is 4.40. The first kappa shape index (κ1) is 12.8. The number of aromatic amines is 1.